The van der Waals surface area contributed by atoms with Crippen molar-refractivity contribution in [3.8, 4) is 11.5 Å². The number of benzene rings is 3. The second-order valence-electron chi connectivity index (χ2n) is 11.6. The van der Waals surface area contributed by atoms with Crippen LogP contribution in [0.5, 0.6) is 11.5 Å². The van der Waals surface area contributed by atoms with E-state index >= 15 is 0 Å². The van der Waals surface area contributed by atoms with E-state index in [1.807, 2.05) is 43.3 Å². The number of rotatable bonds is 16. The molecule has 7 nitrogen and oxygen atoms in total. The van der Waals surface area contributed by atoms with Crippen LogP contribution in [0.1, 0.15) is 73.2 Å². The number of allylic oxidation sites excluding steroid dienone is 2. The van der Waals surface area contributed by atoms with Gasteiger partial charge in [-0.1, -0.05) is 55.5 Å². The fraction of sp³-hybridized carbons (Fsp3) is 0.400. The highest BCUT2D eigenvalue weighted by Gasteiger charge is 2.29. The van der Waals surface area contributed by atoms with Crippen molar-refractivity contribution in [1.82, 2.24) is 10.7 Å². The molecule has 45 heavy (non-hydrogen) atoms. The molecule has 0 bridgehead atoms. The molecule has 4 rings (SSSR count). The Morgan fingerprint density at radius 2 is 1.82 bits per heavy atom. The summed E-state index contributed by atoms with van der Waals surface area (Å²) in [6.07, 6.45) is -1.92. The van der Waals surface area contributed by atoms with Gasteiger partial charge in [-0.3, -0.25) is 9.80 Å². The molecule has 0 amide bonds. The van der Waals surface area contributed by atoms with Gasteiger partial charge in [0, 0.05) is 25.6 Å². The number of alkyl halides is 3. The molecule has 2 unspecified atom stereocenters. The van der Waals surface area contributed by atoms with E-state index in [2.05, 4.69) is 16.8 Å². The predicted molar refractivity (Wildman–Crippen MR) is 171 cm³/mol. The first-order valence-electron chi connectivity index (χ1n) is 15.3. The van der Waals surface area contributed by atoms with Crippen molar-refractivity contribution in [3.63, 3.8) is 0 Å². The number of carbonyl (C=O) groups excluding carboxylic acids is 1. The SMILES string of the molecule is CNN(C(=CCC(F)(F)F)C(=O)CCC(C)c1cccc(C(NCC2CC2)c2cccc(OC)c2O)c1)c1cccc(CN)c1. The van der Waals surface area contributed by atoms with Crippen molar-refractivity contribution >= 4 is 11.5 Å². The van der Waals surface area contributed by atoms with E-state index < -0.39 is 18.4 Å². The standard InChI is InChI=1S/C35H43F3N4O3/c1-23(13-16-31(43)30(17-18-35(36,37)38)42(40-2)28-10-4-7-25(19-28)21-39)26-8-5-9-27(20-26)33(41-22-24-14-15-24)29-11-6-12-32(45-3)34(29)44/h4-12,17,19-20,23-24,33,40-41,44H,13-16,18,21-22,39H2,1-3H3. The fourth-order valence-corrected chi connectivity index (χ4v) is 5.39. The average Bonchev–Trinajstić information content (AvgIpc) is 3.87. The number of phenols is 1. The molecule has 0 aliphatic heterocycles. The Bertz CT molecular complexity index is 1470. The quantitative estimate of drug-likeness (QED) is 0.102. The van der Waals surface area contributed by atoms with Gasteiger partial charge in [0.05, 0.1) is 31.0 Å². The number of nitrogens with zero attached hydrogens (tertiary/aromatic N) is 1. The highest BCUT2D eigenvalue weighted by atomic mass is 19.4. The molecule has 3 aromatic carbocycles. The lowest BCUT2D eigenvalue weighted by Gasteiger charge is -2.27. The van der Waals surface area contributed by atoms with Gasteiger partial charge in [0.25, 0.3) is 0 Å². The number of halogens is 3. The minimum atomic E-state index is -4.46. The molecule has 10 heteroatoms. The smallest absolute Gasteiger partial charge is 0.392 e. The van der Waals surface area contributed by atoms with Crippen LogP contribution in [-0.4, -0.2) is 37.8 Å². The Labute approximate surface area is 263 Å². The Morgan fingerprint density at radius 1 is 1.11 bits per heavy atom. The summed E-state index contributed by atoms with van der Waals surface area (Å²) >= 11 is 0. The van der Waals surface area contributed by atoms with Crippen LogP contribution in [0.4, 0.5) is 18.9 Å². The van der Waals surface area contributed by atoms with E-state index in [4.69, 9.17) is 10.5 Å². The molecule has 5 N–H and O–H groups in total. The highest BCUT2D eigenvalue weighted by molar-refractivity contribution is 5.98. The molecule has 1 aliphatic rings. The fourth-order valence-electron chi connectivity index (χ4n) is 5.39. The number of hydrogen-bond acceptors (Lipinski definition) is 7. The molecular weight excluding hydrogens is 581 g/mol. The van der Waals surface area contributed by atoms with Gasteiger partial charge < -0.3 is 20.9 Å². The number of para-hydroxylation sites is 1. The van der Waals surface area contributed by atoms with E-state index in [1.54, 1.807) is 31.3 Å². The van der Waals surface area contributed by atoms with Gasteiger partial charge in [-0.05, 0) is 78.6 Å². The van der Waals surface area contributed by atoms with Crippen molar-refractivity contribution in [2.75, 3.05) is 25.7 Å². The van der Waals surface area contributed by atoms with Crippen molar-refractivity contribution in [3.05, 3.63) is 101 Å². The molecule has 0 saturated heterocycles. The van der Waals surface area contributed by atoms with Crippen LogP contribution < -0.4 is 26.2 Å². The summed E-state index contributed by atoms with van der Waals surface area (Å²) in [6.45, 7) is 3.08. The van der Waals surface area contributed by atoms with Gasteiger partial charge in [0.15, 0.2) is 17.3 Å². The number of carbonyl (C=O) groups is 1. The highest BCUT2D eigenvalue weighted by Crippen LogP contribution is 2.38. The lowest BCUT2D eigenvalue weighted by molar-refractivity contribution is -0.125. The maximum atomic E-state index is 13.5. The summed E-state index contributed by atoms with van der Waals surface area (Å²) < 4.78 is 45.1. The molecular formula is C35H43F3N4O3. The first-order chi connectivity index (χ1) is 21.5. The number of nitrogens with one attached hydrogen (secondary N) is 2. The first-order valence-corrected chi connectivity index (χ1v) is 15.3. The van der Waals surface area contributed by atoms with Gasteiger partial charge in [-0.2, -0.15) is 13.2 Å². The summed E-state index contributed by atoms with van der Waals surface area (Å²) in [5, 5.41) is 16.0. The van der Waals surface area contributed by atoms with E-state index in [9.17, 15) is 23.1 Å². The molecule has 1 aliphatic carbocycles. The molecule has 1 fully saturated rings. The maximum absolute atomic E-state index is 13.5. The van der Waals surface area contributed by atoms with Crippen LogP contribution >= 0.6 is 0 Å². The zero-order valence-electron chi connectivity index (χ0n) is 26.0. The number of hydrazine groups is 1. The third-order valence-electron chi connectivity index (χ3n) is 8.17. The molecule has 0 spiro atoms. The Kier molecular flexibility index (Phi) is 11.7. The summed E-state index contributed by atoms with van der Waals surface area (Å²) in [4.78, 5) is 13.5. The molecule has 1 saturated carbocycles. The van der Waals surface area contributed by atoms with Crippen molar-refractivity contribution in [2.45, 2.75) is 63.7 Å². The minimum Gasteiger partial charge on any atom is -0.504 e. The largest absolute Gasteiger partial charge is 0.504 e. The lowest BCUT2D eigenvalue weighted by atomic mass is 9.90. The Hall–Kier alpha value is -3.86. The zero-order valence-corrected chi connectivity index (χ0v) is 26.0. The third-order valence-corrected chi connectivity index (χ3v) is 8.17. The van der Waals surface area contributed by atoms with Crippen LogP contribution in [0.25, 0.3) is 0 Å². The number of methoxy groups -OCH3 is 1. The van der Waals surface area contributed by atoms with Crippen LogP contribution in [-0.2, 0) is 11.3 Å². The van der Waals surface area contributed by atoms with E-state index in [-0.39, 0.29) is 36.4 Å². The Morgan fingerprint density at radius 3 is 2.49 bits per heavy atom. The second-order valence-corrected chi connectivity index (χ2v) is 11.6. The topological polar surface area (TPSA) is 99.9 Å². The van der Waals surface area contributed by atoms with Crippen LogP contribution in [0.3, 0.4) is 0 Å². The van der Waals surface area contributed by atoms with Gasteiger partial charge in [0.2, 0.25) is 0 Å². The Balaban J connectivity index is 1.55. The number of aromatic hydroxyl groups is 1. The number of nitrogens with two attached hydrogens (primary N) is 1. The molecule has 3 aromatic rings. The monoisotopic (exact) mass is 624 g/mol. The van der Waals surface area contributed by atoms with Crippen molar-refractivity contribution in [2.24, 2.45) is 11.7 Å². The van der Waals surface area contributed by atoms with Gasteiger partial charge >= 0.3 is 6.18 Å². The number of ketones is 1. The molecule has 0 radical (unpaired) electrons. The molecule has 0 heterocycles. The van der Waals surface area contributed by atoms with E-state index in [1.165, 1.54) is 25.0 Å². The number of ether oxygens (including phenoxy) is 1. The third kappa shape index (κ3) is 9.32. The molecule has 0 aromatic heterocycles. The minimum absolute atomic E-state index is 0.0455. The lowest BCUT2D eigenvalue weighted by Crippen LogP contribution is -2.38. The summed E-state index contributed by atoms with van der Waals surface area (Å²) in [5.74, 6) is 0.627. The molecule has 2 atom stereocenters. The normalized spacial score (nSPS) is 15.0. The van der Waals surface area contributed by atoms with Gasteiger partial charge in [0.1, 0.15) is 0 Å². The summed E-state index contributed by atoms with van der Waals surface area (Å²) in [5.41, 5.74) is 12.6. The summed E-state index contributed by atoms with van der Waals surface area (Å²) in [7, 11) is 3.08. The van der Waals surface area contributed by atoms with Crippen LogP contribution in [0.2, 0.25) is 0 Å². The van der Waals surface area contributed by atoms with Crippen molar-refractivity contribution < 1.29 is 27.8 Å². The van der Waals surface area contributed by atoms with Gasteiger partial charge in [-0.15, -0.1) is 0 Å². The van der Waals surface area contributed by atoms with Crippen LogP contribution in [0, 0.1) is 5.92 Å². The van der Waals surface area contributed by atoms with Crippen LogP contribution in [0.15, 0.2) is 78.5 Å². The first kappa shape index (κ1) is 34.0. The number of hydrogen-bond donors (Lipinski definition) is 4. The predicted octanol–water partition coefficient (Wildman–Crippen LogP) is 6.88. The maximum Gasteiger partial charge on any atom is 0.392 e. The van der Waals surface area contributed by atoms with Gasteiger partial charge in [-0.25, -0.2) is 5.43 Å². The van der Waals surface area contributed by atoms with E-state index in [0.29, 0.717) is 29.3 Å². The van der Waals surface area contributed by atoms with E-state index in [0.717, 1.165) is 29.3 Å². The van der Waals surface area contributed by atoms with Crippen molar-refractivity contribution in [1.29, 1.82) is 0 Å². The second kappa shape index (κ2) is 15.4. The number of anilines is 1. The number of phenolic OH excluding ortho intramolecular Hbond substituents is 1. The zero-order chi connectivity index (χ0) is 32.6. The average molecular weight is 625 g/mol. The summed E-state index contributed by atoms with van der Waals surface area (Å²) in [6, 6.07) is 20.2. The number of Topliss-reactive ketones (excluding diaryl/α,β-unsaturated/α-hetero) is 1. The molecule has 242 valence electrons.